The Balaban J connectivity index is 1.54. The number of fused-ring (bicyclic) bond motifs is 1. The van der Waals surface area contributed by atoms with Crippen molar-refractivity contribution in [3.8, 4) is 0 Å². The number of aryl methyl sites for hydroxylation is 1. The molecule has 9 heteroatoms. The second kappa shape index (κ2) is 8.06. The number of hydrogen-bond acceptors (Lipinski definition) is 5. The lowest BCUT2D eigenvalue weighted by atomic mass is 9.90. The molecule has 4 rings (SSSR count). The molecule has 1 atom stereocenters. The van der Waals surface area contributed by atoms with E-state index in [4.69, 9.17) is 5.11 Å². The molecule has 1 aromatic heterocycles. The van der Waals surface area contributed by atoms with E-state index in [0.717, 1.165) is 43.4 Å². The number of aliphatic carboxylic acids is 1. The largest absolute Gasteiger partial charge is 0.480 e. The zero-order valence-corrected chi connectivity index (χ0v) is 17.0. The second-order valence-electron chi connectivity index (χ2n) is 8.32. The highest BCUT2D eigenvalue weighted by molar-refractivity contribution is 6.00. The van der Waals surface area contributed by atoms with Crippen LogP contribution in [0.4, 0.5) is 0 Å². The van der Waals surface area contributed by atoms with Gasteiger partial charge in [0.05, 0.1) is 17.6 Å². The van der Waals surface area contributed by atoms with Crippen LogP contribution in [0.25, 0.3) is 11.0 Å². The number of nitrogens with one attached hydrogen (secondary N) is 1. The third kappa shape index (κ3) is 3.89. The maximum atomic E-state index is 12.8. The monoisotopic (exact) mass is 414 g/mol. The molecule has 0 saturated carbocycles. The summed E-state index contributed by atoms with van der Waals surface area (Å²) in [4.78, 5) is 49.4. The fourth-order valence-electron chi connectivity index (χ4n) is 4.64. The SMILES string of the molecule is Cn1c(=O)n(C2CCC(=O)NC2=O)c2ccc(CC3CCN(CC(=O)O)CC3)cc21. The highest BCUT2D eigenvalue weighted by Gasteiger charge is 2.31. The average molecular weight is 414 g/mol. The van der Waals surface area contributed by atoms with E-state index in [-0.39, 0.29) is 24.6 Å². The number of piperidine rings is 2. The quantitative estimate of drug-likeness (QED) is 0.695. The summed E-state index contributed by atoms with van der Waals surface area (Å²) in [5, 5.41) is 11.3. The van der Waals surface area contributed by atoms with Crippen LogP contribution in [-0.2, 0) is 27.9 Å². The van der Waals surface area contributed by atoms with Crippen LogP contribution in [0.1, 0.15) is 37.3 Å². The van der Waals surface area contributed by atoms with Crippen molar-refractivity contribution in [3.63, 3.8) is 0 Å². The lowest BCUT2D eigenvalue weighted by Crippen LogP contribution is -2.44. The van der Waals surface area contributed by atoms with Crippen molar-refractivity contribution in [2.24, 2.45) is 13.0 Å². The lowest BCUT2D eigenvalue weighted by molar-refractivity contribution is -0.139. The molecule has 0 aliphatic carbocycles. The van der Waals surface area contributed by atoms with Gasteiger partial charge < -0.3 is 5.11 Å². The van der Waals surface area contributed by atoms with Gasteiger partial charge in [0.1, 0.15) is 6.04 Å². The number of amides is 2. The molecule has 0 radical (unpaired) electrons. The van der Waals surface area contributed by atoms with E-state index in [9.17, 15) is 19.2 Å². The van der Waals surface area contributed by atoms with Crippen molar-refractivity contribution in [3.05, 3.63) is 34.2 Å². The Labute approximate surface area is 173 Å². The molecule has 2 aliphatic heterocycles. The minimum atomic E-state index is -0.791. The van der Waals surface area contributed by atoms with Crippen LogP contribution in [0.5, 0.6) is 0 Å². The van der Waals surface area contributed by atoms with E-state index in [1.165, 1.54) is 4.57 Å². The molecule has 0 bridgehead atoms. The molecular weight excluding hydrogens is 388 g/mol. The number of imidazole rings is 1. The van der Waals surface area contributed by atoms with Crippen molar-refractivity contribution >= 4 is 28.8 Å². The molecule has 1 unspecified atom stereocenters. The van der Waals surface area contributed by atoms with Crippen molar-refractivity contribution in [2.75, 3.05) is 19.6 Å². The van der Waals surface area contributed by atoms with Gasteiger partial charge >= 0.3 is 11.7 Å². The summed E-state index contributed by atoms with van der Waals surface area (Å²) in [7, 11) is 1.70. The van der Waals surface area contributed by atoms with E-state index in [2.05, 4.69) is 5.32 Å². The summed E-state index contributed by atoms with van der Waals surface area (Å²) >= 11 is 0. The molecule has 1 aromatic carbocycles. The molecule has 2 fully saturated rings. The van der Waals surface area contributed by atoms with Crippen LogP contribution in [0.15, 0.2) is 23.0 Å². The van der Waals surface area contributed by atoms with E-state index < -0.39 is 17.9 Å². The number of carbonyl (C=O) groups excluding carboxylic acids is 2. The smallest absolute Gasteiger partial charge is 0.329 e. The van der Waals surface area contributed by atoms with Crippen molar-refractivity contribution < 1.29 is 19.5 Å². The zero-order chi connectivity index (χ0) is 21.4. The van der Waals surface area contributed by atoms with E-state index >= 15 is 0 Å². The van der Waals surface area contributed by atoms with Crippen molar-refractivity contribution in [2.45, 2.75) is 38.1 Å². The number of rotatable bonds is 5. The Kier molecular flexibility index (Phi) is 5.46. The predicted octanol–water partition coefficient (Wildman–Crippen LogP) is 0.657. The van der Waals surface area contributed by atoms with Gasteiger partial charge in [-0.3, -0.25) is 33.7 Å². The maximum absolute atomic E-state index is 12.8. The fourth-order valence-corrected chi connectivity index (χ4v) is 4.64. The van der Waals surface area contributed by atoms with Gasteiger partial charge in [0.15, 0.2) is 0 Å². The molecule has 9 nitrogen and oxygen atoms in total. The number of likely N-dealkylation sites (tertiary alicyclic amines) is 1. The summed E-state index contributed by atoms with van der Waals surface area (Å²) in [5.41, 5.74) is 2.32. The van der Waals surface area contributed by atoms with Crippen LogP contribution in [-0.4, -0.2) is 56.6 Å². The van der Waals surface area contributed by atoms with E-state index in [0.29, 0.717) is 17.9 Å². The summed E-state index contributed by atoms with van der Waals surface area (Å²) < 4.78 is 3.04. The van der Waals surface area contributed by atoms with Crippen LogP contribution < -0.4 is 11.0 Å². The van der Waals surface area contributed by atoms with Crippen LogP contribution >= 0.6 is 0 Å². The van der Waals surface area contributed by atoms with E-state index in [1.54, 1.807) is 11.6 Å². The maximum Gasteiger partial charge on any atom is 0.329 e. The van der Waals surface area contributed by atoms with Gasteiger partial charge in [0.2, 0.25) is 11.8 Å². The first-order valence-electron chi connectivity index (χ1n) is 10.3. The molecule has 2 N–H and O–H groups in total. The van der Waals surface area contributed by atoms with Gasteiger partial charge in [-0.05, 0) is 62.4 Å². The molecule has 30 heavy (non-hydrogen) atoms. The van der Waals surface area contributed by atoms with Crippen LogP contribution in [0, 0.1) is 5.92 Å². The molecule has 2 saturated heterocycles. The number of aromatic nitrogens is 2. The Morgan fingerprint density at radius 1 is 1.13 bits per heavy atom. The normalized spacial score (nSPS) is 21.2. The number of carboxylic acids is 1. The van der Waals surface area contributed by atoms with Crippen LogP contribution in [0.2, 0.25) is 0 Å². The van der Waals surface area contributed by atoms with Gasteiger partial charge in [0, 0.05) is 13.5 Å². The van der Waals surface area contributed by atoms with Crippen molar-refractivity contribution in [1.82, 2.24) is 19.4 Å². The Bertz CT molecular complexity index is 1060. The number of benzene rings is 1. The average Bonchev–Trinajstić information content (AvgIpc) is 2.94. The Hall–Kier alpha value is -2.94. The molecule has 160 valence electrons. The number of imide groups is 1. The molecule has 2 amide bonds. The second-order valence-corrected chi connectivity index (χ2v) is 8.32. The van der Waals surface area contributed by atoms with Gasteiger partial charge in [-0.2, -0.15) is 0 Å². The van der Waals surface area contributed by atoms with Crippen LogP contribution in [0.3, 0.4) is 0 Å². The third-order valence-electron chi connectivity index (χ3n) is 6.27. The molecule has 3 heterocycles. The number of carbonyl (C=O) groups is 3. The Morgan fingerprint density at radius 2 is 1.87 bits per heavy atom. The number of hydrogen-bond donors (Lipinski definition) is 2. The first-order valence-corrected chi connectivity index (χ1v) is 10.3. The summed E-state index contributed by atoms with van der Waals surface area (Å²) in [5.74, 6) is -1.05. The number of carboxylic acid groups (broad SMARTS) is 1. The first kappa shape index (κ1) is 20.3. The topological polar surface area (TPSA) is 114 Å². The minimum absolute atomic E-state index is 0.0919. The van der Waals surface area contributed by atoms with Gasteiger partial charge in [0.25, 0.3) is 0 Å². The highest BCUT2D eigenvalue weighted by atomic mass is 16.4. The first-order chi connectivity index (χ1) is 14.3. The lowest BCUT2D eigenvalue weighted by Gasteiger charge is -2.30. The van der Waals surface area contributed by atoms with E-state index in [1.807, 2.05) is 23.1 Å². The molecule has 0 spiro atoms. The third-order valence-corrected chi connectivity index (χ3v) is 6.27. The van der Waals surface area contributed by atoms with Crippen molar-refractivity contribution in [1.29, 1.82) is 0 Å². The van der Waals surface area contributed by atoms with Gasteiger partial charge in [-0.25, -0.2) is 4.79 Å². The number of nitrogens with zero attached hydrogens (tertiary/aromatic N) is 3. The predicted molar refractivity (Wildman–Crippen MR) is 109 cm³/mol. The summed E-state index contributed by atoms with van der Waals surface area (Å²) in [6, 6.07) is 5.20. The zero-order valence-electron chi connectivity index (χ0n) is 17.0. The minimum Gasteiger partial charge on any atom is -0.480 e. The fraction of sp³-hybridized carbons (Fsp3) is 0.524. The molecule has 2 aliphatic rings. The summed E-state index contributed by atoms with van der Waals surface area (Å²) in [6.45, 7) is 1.65. The Morgan fingerprint density at radius 3 is 2.53 bits per heavy atom. The van der Waals surface area contributed by atoms with Gasteiger partial charge in [-0.15, -0.1) is 0 Å². The van der Waals surface area contributed by atoms with Gasteiger partial charge in [-0.1, -0.05) is 6.07 Å². The highest BCUT2D eigenvalue weighted by Crippen LogP contribution is 2.26. The standard InChI is InChI=1S/C21H26N4O5/c1-23-17-11-14(10-13-6-8-24(9-7-13)12-19(27)28)2-3-15(17)25(21(23)30)16-4-5-18(26)22-20(16)29/h2-3,11,13,16H,4-10,12H2,1H3,(H,27,28)(H,22,26,29). The summed E-state index contributed by atoms with van der Waals surface area (Å²) in [6.07, 6.45) is 3.30. The molecular formula is C21H26N4O5. The molecule has 2 aromatic rings.